The van der Waals surface area contributed by atoms with Gasteiger partial charge in [-0.05, 0) is 25.2 Å². The van der Waals surface area contributed by atoms with Crippen molar-refractivity contribution in [1.82, 2.24) is 10.6 Å². The first-order valence-corrected chi connectivity index (χ1v) is 8.70. The van der Waals surface area contributed by atoms with Gasteiger partial charge in [-0.3, -0.25) is 19.4 Å². The molecule has 0 spiro atoms. The van der Waals surface area contributed by atoms with Gasteiger partial charge in [0.25, 0.3) is 0 Å². The highest BCUT2D eigenvalue weighted by atomic mass is 16.3. The van der Waals surface area contributed by atoms with E-state index in [0.717, 1.165) is 0 Å². The SMILES string of the molecule is CC[C@H](NC(=O)CC(O)C(C)C)C(=O)NC(CCCN=C(N)N)C(N)=O. The van der Waals surface area contributed by atoms with Gasteiger partial charge in [0.2, 0.25) is 17.7 Å². The van der Waals surface area contributed by atoms with Gasteiger partial charge in [0, 0.05) is 6.54 Å². The Labute approximate surface area is 154 Å². The molecule has 10 nitrogen and oxygen atoms in total. The van der Waals surface area contributed by atoms with Crippen LogP contribution in [-0.4, -0.2) is 53.5 Å². The van der Waals surface area contributed by atoms with Crippen LogP contribution in [0.3, 0.4) is 0 Å². The molecule has 9 N–H and O–H groups in total. The predicted molar refractivity (Wildman–Crippen MR) is 98.7 cm³/mol. The molecule has 0 aliphatic rings. The third-order valence-corrected chi connectivity index (χ3v) is 3.83. The lowest BCUT2D eigenvalue weighted by Crippen LogP contribution is -2.53. The highest BCUT2D eigenvalue weighted by molar-refractivity contribution is 5.91. The highest BCUT2D eigenvalue weighted by Crippen LogP contribution is 2.06. The fourth-order valence-electron chi connectivity index (χ4n) is 2.09. The Balaban J connectivity index is 4.64. The van der Waals surface area contributed by atoms with Crippen molar-refractivity contribution in [3.8, 4) is 0 Å². The van der Waals surface area contributed by atoms with E-state index in [4.69, 9.17) is 17.2 Å². The quantitative estimate of drug-likeness (QED) is 0.135. The first-order chi connectivity index (χ1) is 12.1. The van der Waals surface area contributed by atoms with E-state index in [1.54, 1.807) is 20.8 Å². The third kappa shape index (κ3) is 9.82. The lowest BCUT2D eigenvalue weighted by molar-refractivity contribution is -0.132. The van der Waals surface area contributed by atoms with Crippen LogP contribution in [0, 0.1) is 5.92 Å². The van der Waals surface area contributed by atoms with Gasteiger partial charge in [-0.2, -0.15) is 0 Å². The number of hydrogen-bond donors (Lipinski definition) is 6. The van der Waals surface area contributed by atoms with Crippen LogP contribution in [0.2, 0.25) is 0 Å². The molecule has 26 heavy (non-hydrogen) atoms. The second-order valence-electron chi connectivity index (χ2n) is 6.46. The Hall–Kier alpha value is -2.36. The molecule has 150 valence electrons. The third-order valence-electron chi connectivity index (χ3n) is 3.83. The number of carbonyl (C=O) groups excluding carboxylic acids is 3. The van der Waals surface area contributed by atoms with E-state index in [1.807, 2.05) is 0 Å². The Morgan fingerprint density at radius 1 is 1.08 bits per heavy atom. The van der Waals surface area contributed by atoms with Crippen molar-refractivity contribution in [3.63, 3.8) is 0 Å². The largest absolute Gasteiger partial charge is 0.392 e. The number of nitrogens with one attached hydrogen (secondary N) is 2. The van der Waals surface area contributed by atoms with E-state index in [9.17, 15) is 19.5 Å². The monoisotopic (exact) mass is 372 g/mol. The van der Waals surface area contributed by atoms with Gasteiger partial charge in [-0.1, -0.05) is 20.8 Å². The zero-order chi connectivity index (χ0) is 20.3. The lowest BCUT2D eigenvalue weighted by atomic mass is 10.0. The van der Waals surface area contributed by atoms with Crippen LogP contribution < -0.4 is 27.8 Å². The van der Waals surface area contributed by atoms with E-state index in [1.165, 1.54) is 0 Å². The highest BCUT2D eigenvalue weighted by Gasteiger charge is 2.25. The molecule has 0 aromatic rings. The topological polar surface area (TPSA) is 186 Å². The minimum Gasteiger partial charge on any atom is -0.392 e. The number of nitrogens with two attached hydrogens (primary N) is 3. The molecule has 0 heterocycles. The van der Waals surface area contributed by atoms with Gasteiger partial charge in [0.1, 0.15) is 12.1 Å². The molecule has 10 heteroatoms. The molecule has 0 aromatic heterocycles. The molecule has 0 rings (SSSR count). The molecule has 0 aliphatic heterocycles. The molecule has 0 fully saturated rings. The molecule has 0 saturated carbocycles. The van der Waals surface area contributed by atoms with Crippen molar-refractivity contribution in [2.75, 3.05) is 6.54 Å². The number of aliphatic hydroxyl groups excluding tert-OH is 1. The van der Waals surface area contributed by atoms with Crippen LogP contribution in [-0.2, 0) is 14.4 Å². The molecule has 2 unspecified atom stereocenters. The Bertz CT molecular complexity index is 505. The summed E-state index contributed by atoms with van der Waals surface area (Å²) in [6, 6.07) is -1.70. The number of primary amides is 1. The van der Waals surface area contributed by atoms with Crippen LogP contribution in [0.1, 0.15) is 46.5 Å². The van der Waals surface area contributed by atoms with Crippen molar-refractivity contribution in [3.05, 3.63) is 0 Å². The van der Waals surface area contributed by atoms with Gasteiger partial charge in [0.05, 0.1) is 12.5 Å². The fraction of sp³-hybridized carbons (Fsp3) is 0.750. The summed E-state index contributed by atoms with van der Waals surface area (Å²) in [4.78, 5) is 39.6. The van der Waals surface area contributed by atoms with Gasteiger partial charge in [-0.25, -0.2) is 0 Å². The summed E-state index contributed by atoms with van der Waals surface area (Å²) in [5.41, 5.74) is 15.7. The summed E-state index contributed by atoms with van der Waals surface area (Å²) < 4.78 is 0. The zero-order valence-corrected chi connectivity index (χ0v) is 15.7. The van der Waals surface area contributed by atoms with E-state index >= 15 is 0 Å². The fourth-order valence-corrected chi connectivity index (χ4v) is 2.09. The summed E-state index contributed by atoms with van der Waals surface area (Å²) in [6.45, 7) is 5.62. The van der Waals surface area contributed by atoms with Crippen molar-refractivity contribution in [2.24, 2.45) is 28.1 Å². The van der Waals surface area contributed by atoms with E-state index in [-0.39, 0.29) is 24.7 Å². The van der Waals surface area contributed by atoms with Gasteiger partial charge in [-0.15, -0.1) is 0 Å². The minimum atomic E-state index is -0.885. The number of aliphatic hydroxyl groups is 1. The van der Waals surface area contributed by atoms with Crippen LogP contribution in [0.15, 0.2) is 4.99 Å². The van der Waals surface area contributed by atoms with Crippen molar-refractivity contribution in [1.29, 1.82) is 0 Å². The molecular formula is C16H32N6O4. The van der Waals surface area contributed by atoms with Gasteiger partial charge < -0.3 is 32.9 Å². The smallest absolute Gasteiger partial charge is 0.243 e. The molecule has 0 aromatic carbocycles. The standard InChI is InChI=1S/C16H32N6O4/c1-4-10(21-13(24)8-12(23)9(2)3)15(26)22-11(14(17)25)6-5-7-20-16(18)19/h9-12,23H,4-8H2,1-3H3,(H2,17,25)(H,21,24)(H,22,26)(H4,18,19,20)/t10-,11?,12?/m0/s1. The van der Waals surface area contributed by atoms with Crippen LogP contribution >= 0.6 is 0 Å². The summed E-state index contributed by atoms with van der Waals surface area (Å²) in [6.07, 6.45) is 0.169. The Kier molecular flexibility index (Phi) is 11.0. The molecule has 0 saturated heterocycles. The van der Waals surface area contributed by atoms with Crippen molar-refractivity contribution >= 4 is 23.7 Å². The number of nitrogens with zero attached hydrogens (tertiary/aromatic N) is 1. The van der Waals surface area contributed by atoms with Gasteiger partial charge in [0.15, 0.2) is 5.96 Å². The summed E-state index contributed by atoms with van der Waals surface area (Å²) in [7, 11) is 0. The summed E-state index contributed by atoms with van der Waals surface area (Å²) in [5.74, 6) is -1.75. The number of aliphatic imine (C=N–C) groups is 1. The normalized spacial score (nSPS) is 14.2. The number of hydrogen-bond acceptors (Lipinski definition) is 5. The maximum Gasteiger partial charge on any atom is 0.243 e. The number of guanidine groups is 1. The zero-order valence-electron chi connectivity index (χ0n) is 15.7. The Morgan fingerprint density at radius 3 is 2.15 bits per heavy atom. The number of carbonyl (C=O) groups is 3. The first kappa shape index (κ1) is 23.6. The predicted octanol–water partition coefficient (Wildman–Crippen LogP) is -1.69. The lowest BCUT2D eigenvalue weighted by Gasteiger charge is -2.22. The minimum absolute atomic E-state index is 0.0537. The molecule has 3 atom stereocenters. The van der Waals surface area contributed by atoms with E-state index < -0.39 is 35.9 Å². The second kappa shape index (κ2) is 12.1. The van der Waals surface area contributed by atoms with Gasteiger partial charge >= 0.3 is 0 Å². The Morgan fingerprint density at radius 2 is 1.69 bits per heavy atom. The maximum absolute atomic E-state index is 12.3. The van der Waals surface area contributed by atoms with Crippen LogP contribution in [0.25, 0.3) is 0 Å². The molecule has 0 radical (unpaired) electrons. The molecular weight excluding hydrogens is 340 g/mol. The first-order valence-electron chi connectivity index (χ1n) is 8.70. The van der Waals surface area contributed by atoms with Crippen molar-refractivity contribution in [2.45, 2.75) is 64.6 Å². The molecule has 0 bridgehead atoms. The number of rotatable bonds is 12. The summed E-state index contributed by atoms with van der Waals surface area (Å²) in [5, 5.41) is 14.8. The maximum atomic E-state index is 12.3. The van der Waals surface area contributed by atoms with E-state index in [0.29, 0.717) is 19.4 Å². The molecule has 3 amide bonds. The van der Waals surface area contributed by atoms with E-state index in [2.05, 4.69) is 15.6 Å². The molecule has 0 aliphatic carbocycles. The second-order valence-corrected chi connectivity index (χ2v) is 6.46. The average molecular weight is 372 g/mol. The summed E-state index contributed by atoms with van der Waals surface area (Å²) >= 11 is 0. The van der Waals surface area contributed by atoms with Crippen molar-refractivity contribution < 1.29 is 19.5 Å². The van der Waals surface area contributed by atoms with Crippen LogP contribution in [0.4, 0.5) is 0 Å². The number of amides is 3. The van der Waals surface area contributed by atoms with Crippen LogP contribution in [0.5, 0.6) is 0 Å². The average Bonchev–Trinajstić information content (AvgIpc) is 2.54.